The summed E-state index contributed by atoms with van der Waals surface area (Å²) in [6.45, 7) is 8.94. The third-order valence-electron chi connectivity index (χ3n) is 2.86. The van der Waals surface area contributed by atoms with Gasteiger partial charge in [-0.2, -0.15) is 5.10 Å². The zero-order valence-electron chi connectivity index (χ0n) is 11.1. The maximum atomic E-state index is 12.1. The number of fused-ring (bicyclic) bond motifs is 1. The third-order valence-corrected chi connectivity index (χ3v) is 3.25. The van der Waals surface area contributed by atoms with Gasteiger partial charge in [-0.1, -0.05) is 0 Å². The second-order valence-corrected chi connectivity index (χ2v) is 6.28. The lowest BCUT2D eigenvalue weighted by atomic mass is 10.1. The van der Waals surface area contributed by atoms with Crippen molar-refractivity contribution >= 4 is 22.0 Å². The zero-order valence-corrected chi connectivity index (χ0v) is 12.7. The molecule has 0 bridgehead atoms. The van der Waals surface area contributed by atoms with E-state index in [4.69, 9.17) is 4.74 Å². The molecule has 1 atom stereocenters. The van der Waals surface area contributed by atoms with E-state index in [2.05, 4.69) is 21.0 Å². The number of aromatic nitrogens is 2. The molecule has 0 radical (unpaired) electrons. The Bertz CT molecular complexity index is 464. The summed E-state index contributed by atoms with van der Waals surface area (Å²) in [7, 11) is 0. The van der Waals surface area contributed by atoms with E-state index in [9.17, 15) is 4.79 Å². The van der Waals surface area contributed by atoms with Crippen LogP contribution in [-0.2, 0) is 11.3 Å². The summed E-state index contributed by atoms with van der Waals surface area (Å²) in [5.74, 6) is 0. The summed E-state index contributed by atoms with van der Waals surface area (Å²) in [4.78, 5) is 13.8. The lowest BCUT2D eigenvalue weighted by Gasteiger charge is -2.35. The maximum Gasteiger partial charge on any atom is 0.410 e. The Hall–Kier alpha value is -1.04. The molecule has 1 amide bonds. The number of hydrogen-bond acceptors (Lipinski definition) is 3. The summed E-state index contributed by atoms with van der Waals surface area (Å²) in [5.41, 5.74) is 0.564. The van der Waals surface area contributed by atoms with Gasteiger partial charge in [-0.25, -0.2) is 4.79 Å². The standard InChI is InChI=1S/C12H18BrN3O2/c1-8-9-7-10(13)14-16(9)6-5-15(8)11(17)18-12(2,3)4/h7-8H,5-6H2,1-4H3/t8-/m1/s1. The number of halogens is 1. The molecule has 0 unspecified atom stereocenters. The lowest BCUT2D eigenvalue weighted by molar-refractivity contribution is 0.0120. The first-order valence-corrected chi connectivity index (χ1v) is 6.80. The first-order valence-electron chi connectivity index (χ1n) is 6.01. The SMILES string of the molecule is C[C@@H]1c2cc(Br)nn2CCN1C(=O)OC(C)(C)C. The third kappa shape index (κ3) is 2.68. The summed E-state index contributed by atoms with van der Waals surface area (Å²) >= 11 is 3.36. The van der Waals surface area contributed by atoms with E-state index in [0.29, 0.717) is 13.1 Å². The van der Waals surface area contributed by atoms with Crippen molar-refractivity contribution in [2.45, 2.75) is 45.9 Å². The fourth-order valence-electron chi connectivity index (χ4n) is 2.04. The van der Waals surface area contributed by atoms with E-state index in [1.807, 2.05) is 38.4 Å². The van der Waals surface area contributed by atoms with Crippen LogP contribution >= 0.6 is 15.9 Å². The molecule has 1 aliphatic rings. The van der Waals surface area contributed by atoms with E-state index < -0.39 is 5.60 Å². The largest absolute Gasteiger partial charge is 0.444 e. The van der Waals surface area contributed by atoms with Gasteiger partial charge in [-0.3, -0.25) is 9.58 Å². The molecule has 1 aliphatic heterocycles. The first kappa shape index (κ1) is 13.4. The average Bonchev–Trinajstić information content (AvgIpc) is 2.57. The van der Waals surface area contributed by atoms with E-state index in [1.54, 1.807) is 4.90 Å². The van der Waals surface area contributed by atoms with Crippen LogP contribution in [0.3, 0.4) is 0 Å². The molecule has 0 aromatic carbocycles. The van der Waals surface area contributed by atoms with E-state index >= 15 is 0 Å². The molecule has 5 nitrogen and oxygen atoms in total. The summed E-state index contributed by atoms with van der Waals surface area (Å²) in [6, 6.07) is 1.92. The van der Waals surface area contributed by atoms with Crippen LogP contribution in [0.2, 0.25) is 0 Å². The van der Waals surface area contributed by atoms with Gasteiger partial charge in [0, 0.05) is 6.54 Å². The van der Waals surface area contributed by atoms with Gasteiger partial charge in [0.1, 0.15) is 10.2 Å². The highest BCUT2D eigenvalue weighted by molar-refractivity contribution is 9.10. The van der Waals surface area contributed by atoms with Gasteiger partial charge in [-0.05, 0) is 49.7 Å². The van der Waals surface area contributed by atoms with Crippen molar-refractivity contribution in [2.75, 3.05) is 6.54 Å². The minimum absolute atomic E-state index is 0.0209. The van der Waals surface area contributed by atoms with Gasteiger partial charge in [0.05, 0.1) is 18.3 Å². The number of rotatable bonds is 0. The van der Waals surface area contributed by atoms with Crippen LogP contribution in [-0.4, -0.2) is 32.9 Å². The van der Waals surface area contributed by atoms with Crippen molar-refractivity contribution in [3.63, 3.8) is 0 Å². The minimum atomic E-state index is -0.463. The molecule has 0 fully saturated rings. The first-order chi connectivity index (χ1) is 8.28. The predicted molar refractivity (Wildman–Crippen MR) is 71.3 cm³/mol. The Morgan fingerprint density at radius 3 is 2.78 bits per heavy atom. The molecule has 0 aliphatic carbocycles. The second-order valence-electron chi connectivity index (χ2n) is 5.46. The van der Waals surface area contributed by atoms with E-state index in [-0.39, 0.29) is 12.1 Å². The molecule has 18 heavy (non-hydrogen) atoms. The topological polar surface area (TPSA) is 47.4 Å². The quantitative estimate of drug-likeness (QED) is 0.739. The predicted octanol–water partition coefficient (Wildman–Crippen LogP) is 2.96. The van der Waals surface area contributed by atoms with Crippen molar-refractivity contribution < 1.29 is 9.53 Å². The molecular formula is C12H18BrN3O2. The molecular weight excluding hydrogens is 298 g/mol. The molecule has 0 N–H and O–H groups in total. The molecule has 0 saturated carbocycles. The zero-order chi connectivity index (χ0) is 13.5. The van der Waals surface area contributed by atoms with Crippen LogP contribution in [0.1, 0.15) is 39.4 Å². The van der Waals surface area contributed by atoms with E-state index in [1.165, 1.54) is 0 Å². The fourth-order valence-corrected chi connectivity index (χ4v) is 2.47. The van der Waals surface area contributed by atoms with Crippen molar-refractivity contribution in [3.8, 4) is 0 Å². The number of nitrogens with zero attached hydrogens (tertiary/aromatic N) is 3. The van der Waals surface area contributed by atoms with Crippen LogP contribution in [0, 0.1) is 0 Å². The van der Waals surface area contributed by atoms with Crippen LogP contribution in [0.5, 0.6) is 0 Å². The molecule has 1 aromatic heterocycles. The van der Waals surface area contributed by atoms with Crippen molar-refractivity contribution in [1.82, 2.24) is 14.7 Å². The number of ether oxygens (including phenoxy) is 1. The van der Waals surface area contributed by atoms with Gasteiger partial charge in [0.25, 0.3) is 0 Å². The van der Waals surface area contributed by atoms with Gasteiger partial charge >= 0.3 is 6.09 Å². The Kier molecular flexibility index (Phi) is 3.40. The second kappa shape index (κ2) is 4.57. The van der Waals surface area contributed by atoms with Crippen molar-refractivity contribution in [1.29, 1.82) is 0 Å². The van der Waals surface area contributed by atoms with Crippen LogP contribution in [0.4, 0.5) is 4.79 Å². The van der Waals surface area contributed by atoms with Gasteiger partial charge in [0.2, 0.25) is 0 Å². The van der Waals surface area contributed by atoms with Crippen LogP contribution in [0.15, 0.2) is 10.7 Å². The highest BCUT2D eigenvalue weighted by Crippen LogP contribution is 2.28. The molecule has 1 aromatic rings. The fraction of sp³-hybridized carbons (Fsp3) is 0.667. The van der Waals surface area contributed by atoms with E-state index in [0.717, 1.165) is 10.3 Å². The molecule has 100 valence electrons. The molecule has 0 spiro atoms. The molecule has 2 heterocycles. The number of hydrogen-bond donors (Lipinski definition) is 0. The smallest absolute Gasteiger partial charge is 0.410 e. The summed E-state index contributed by atoms with van der Waals surface area (Å²) in [5, 5.41) is 4.32. The molecule has 0 saturated heterocycles. The lowest BCUT2D eigenvalue weighted by Crippen LogP contribution is -2.43. The normalized spacial score (nSPS) is 19.6. The average molecular weight is 316 g/mol. The number of carbonyl (C=O) groups is 1. The highest BCUT2D eigenvalue weighted by atomic mass is 79.9. The van der Waals surface area contributed by atoms with Crippen molar-refractivity contribution in [2.24, 2.45) is 0 Å². The Morgan fingerprint density at radius 2 is 2.17 bits per heavy atom. The van der Waals surface area contributed by atoms with Crippen molar-refractivity contribution in [3.05, 3.63) is 16.4 Å². The highest BCUT2D eigenvalue weighted by Gasteiger charge is 2.31. The van der Waals surface area contributed by atoms with Gasteiger partial charge in [0.15, 0.2) is 0 Å². The van der Waals surface area contributed by atoms with Gasteiger partial charge in [-0.15, -0.1) is 0 Å². The molecule has 6 heteroatoms. The Labute approximate surface area is 115 Å². The Morgan fingerprint density at radius 1 is 1.50 bits per heavy atom. The Balaban J connectivity index is 2.16. The minimum Gasteiger partial charge on any atom is -0.444 e. The molecule has 2 rings (SSSR count). The summed E-state index contributed by atoms with van der Waals surface area (Å²) in [6.07, 6.45) is -0.265. The van der Waals surface area contributed by atoms with Crippen LogP contribution < -0.4 is 0 Å². The number of carbonyl (C=O) groups excluding carboxylic acids is 1. The monoisotopic (exact) mass is 315 g/mol. The van der Waals surface area contributed by atoms with Gasteiger partial charge < -0.3 is 4.74 Å². The van der Waals surface area contributed by atoms with Crippen LogP contribution in [0.25, 0.3) is 0 Å². The summed E-state index contributed by atoms with van der Waals surface area (Å²) < 4.78 is 8.14. The maximum absolute atomic E-state index is 12.1. The number of amides is 1.